The van der Waals surface area contributed by atoms with Gasteiger partial charge in [0, 0.05) is 5.75 Å². The Balaban J connectivity index is 2.58. The first-order chi connectivity index (χ1) is 12.2. The zero-order valence-electron chi connectivity index (χ0n) is 14.7. The summed E-state index contributed by atoms with van der Waals surface area (Å²) in [5.74, 6) is -3.18. The first kappa shape index (κ1) is 22.2. The van der Waals surface area contributed by atoms with Crippen LogP contribution in [0, 0.1) is 0 Å². The number of aliphatic hydroxyl groups is 1. The van der Waals surface area contributed by atoms with Crippen LogP contribution in [0.2, 0.25) is 0 Å². The number of carbonyl (C=O) groups excluding carboxylic acids is 3. The topological polar surface area (TPSA) is 157 Å². The number of carbonyl (C=O) groups is 4. The first-order valence-corrected chi connectivity index (χ1v) is 8.96. The molecule has 1 aliphatic rings. The molecule has 0 bridgehead atoms. The molecule has 10 nitrogen and oxygen atoms in total. The third-order valence-corrected chi connectivity index (χ3v) is 4.36. The molecule has 148 valence electrons. The van der Waals surface area contributed by atoms with Crippen LogP contribution in [-0.2, 0) is 19.2 Å². The predicted octanol–water partition coefficient (Wildman–Crippen LogP) is -2.39. The van der Waals surface area contributed by atoms with Gasteiger partial charge in [-0.15, -0.1) is 0 Å². The molecule has 1 heterocycles. The highest BCUT2D eigenvalue weighted by Gasteiger charge is 2.30. The number of hydrogen-bond acceptors (Lipinski definition) is 7. The van der Waals surface area contributed by atoms with Crippen LogP contribution in [0.5, 0.6) is 0 Å². The molecule has 0 aromatic rings. The van der Waals surface area contributed by atoms with Crippen LogP contribution in [0.3, 0.4) is 0 Å². The van der Waals surface area contributed by atoms with Gasteiger partial charge in [-0.1, -0.05) is 0 Å². The minimum absolute atomic E-state index is 0.0887. The Morgan fingerprint density at radius 1 is 1.15 bits per heavy atom. The predicted molar refractivity (Wildman–Crippen MR) is 95.7 cm³/mol. The molecule has 1 aliphatic heterocycles. The second-order valence-electron chi connectivity index (χ2n) is 6.19. The molecule has 1 rings (SSSR count). The summed E-state index contributed by atoms with van der Waals surface area (Å²) >= 11 is 3.98. The molecule has 0 spiro atoms. The number of aliphatic carboxylic acids is 1. The van der Waals surface area contributed by atoms with E-state index in [1.807, 2.05) is 0 Å². The van der Waals surface area contributed by atoms with E-state index in [1.54, 1.807) is 0 Å². The number of carboxylic acids is 1. The number of hydrogen-bond donors (Lipinski definition) is 7. The second-order valence-corrected chi connectivity index (χ2v) is 6.55. The number of thiol groups is 1. The van der Waals surface area contributed by atoms with Gasteiger partial charge in [-0.3, -0.25) is 14.4 Å². The Morgan fingerprint density at radius 3 is 2.27 bits per heavy atom. The van der Waals surface area contributed by atoms with Crippen LogP contribution in [0.15, 0.2) is 0 Å². The highest BCUT2D eigenvalue weighted by molar-refractivity contribution is 7.80. The highest BCUT2D eigenvalue weighted by Crippen LogP contribution is 2.05. The first-order valence-electron chi connectivity index (χ1n) is 8.33. The Labute approximate surface area is 156 Å². The van der Waals surface area contributed by atoms with Gasteiger partial charge in [-0.2, -0.15) is 12.6 Å². The molecule has 3 amide bonds. The SMILES string of the molecule is CC(NC(=O)C1CCCN1)C(=O)NC(CS)C(=O)NC(C(=O)O)C(C)O. The van der Waals surface area contributed by atoms with E-state index in [4.69, 9.17) is 5.11 Å². The number of rotatable bonds is 9. The molecule has 1 fully saturated rings. The average Bonchev–Trinajstić information content (AvgIpc) is 3.10. The van der Waals surface area contributed by atoms with E-state index in [2.05, 4.69) is 33.9 Å². The lowest BCUT2D eigenvalue weighted by Gasteiger charge is -2.23. The van der Waals surface area contributed by atoms with E-state index in [0.717, 1.165) is 13.0 Å². The molecule has 0 aromatic heterocycles. The van der Waals surface area contributed by atoms with Crippen molar-refractivity contribution in [2.45, 2.75) is 57.0 Å². The molecule has 26 heavy (non-hydrogen) atoms. The maximum atomic E-state index is 12.2. The summed E-state index contributed by atoms with van der Waals surface area (Å²) < 4.78 is 0. The van der Waals surface area contributed by atoms with Crippen molar-refractivity contribution in [2.75, 3.05) is 12.3 Å². The molecule has 0 radical (unpaired) electrons. The Kier molecular flexibility index (Phi) is 8.82. The van der Waals surface area contributed by atoms with Crippen molar-refractivity contribution < 1.29 is 29.4 Å². The van der Waals surface area contributed by atoms with E-state index in [1.165, 1.54) is 13.8 Å². The van der Waals surface area contributed by atoms with Gasteiger partial charge in [0.2, 0.25) is 17.7 Å². The van der Waals surface area contributed by atoms with Crippen molar-refractivity contribution in [3.05, 3.63) is 0 Å². The Hall–Kier alpha value is -1.85. The van der Waals surface area contributed by atoms with Crippen molar-refractivity contribution in [3.8, 4) is 0 Å². The fourth-order valence-corrected chi connectivity index (χ4v) is 2.68. The number of nitrogens with one attached hydrogen (secondary N) is 4. The fraction of sp³-hybridized carbons (Fsp3) is 0.733. The minimum atomic E-state index is -1.51. The van der Waals surface area contributed by atoms with E-state index in [-0.39, 0.29) is 17.7 Å². The summed E-state index contributed by atoms with van der Waals surface area (Å²) in [7, 11) is 0. The fourth-order valence-electron chi connectivity index (χ4n) is 2.42. The molecule has 5 unspecified atom stereocenters. The van der Waals surface area contributed by atoms with Crippen molar-refractivity contribution >= 4 is 36.3 Å². The van der Waals surface area contributed by atoms with E-state index < -0.39 is 42.0 Å². The zero-order valence-corrected chi connectivity index (χ0v) is 15.6. The van der Waals surface area contributed by atoms with E-state index in [0.29, 0.717) is 6.42 Å². The molecule has 0 aromatic carbocycles. The molecular weight excluding hydrogens is 364 g/mol. The quantitative estimate of drug-likeness (QED) is 0.216. The van der Waals surface area contributed by atoms with E-state index >= 15 is 0 Å². The molecular formula is C15H26N4O6S. The smallest absolute Gasteiger partial charge is 0.328 e. The summed E-state index contributed by atoms with van der Waals surface area (Å²) in [6, 6.07) is -3.84. The summed E-state index contributed by atoms with van der Waals surface area (Å²) in [4.78, 5) is 47.4. The van der Waals surface area contributed by atoms with Crippen LogP contribution < -0.4 is 21.3 Å². The normalized spacial score (nSPS) is 21.2. The Morgan fingerprint density at radius 2 is 1.81 bits per heavy atom. The maximum Gasteiger partial charge on any atom is 0.328 e. The van der Waals surface area contributed by atoms with Crippen molar-refractivity contribution in [1.82, 2.24) is 21.3 Å². The van der Waals surface area contributed by atoms with Gasteiger partial charge in [0.05, 0.1) is 12.1 Å². The van der Waals surface area contributed by atoms with Gasteiger partial charge >= 0.3 is 5.97 Å². The average molecular weight is 390 g/mol. The lowest BCUT2D eigenvalue weighted by molar-refractivity contribution is -0.145. The van der Waals surface area contributed by atoms with Crippen LogP contribution in [0.4, 0.5) is 0 Å². The van der Waals surface area contributed by atoms with Gasteiger partial charge in [0.15, 0.2) is 6.04 Å². The largest absolute Gasteiger partial charge is 0.480 e. The molecule has 0 saturated carbocycles. The third-order valence-electron chi connectivity index (χ3n) is 3.99. The van der Waals surface area contributed by atoms with Gasteiger partial charge in [0.25, 0.3) is 0 Å². The van der Waals surface area contributed by atoms with Gasteiger partial charge in [-0.05, 0) is 33.2 Å². The summed E-state index contributed by atoms with van der Waals surface area (Å²) in [5, 5.41) is 28.5. The molecule has 5 atom stereocenters. The summed E-state index contributed by atoms with van der Waals surface area (Å²) in [6.07, 6.45) is 0.261. The number of aliphatic hydroxyl groups excluding tert-OH is 1. The monoisotopic (exact) mass is 390 g/mol. The third kappa shape index (κ3) is 6.46. The van der Waals surface area contributed by atoms with Gasteiger partial charge in [-0.25, -0.2) is 4.79 Å². The van der Waals surface area contributed by atoms with Crippen molar-refractivity contribution in [2.24, 2.45) is 0 Å². The maximum absolute atomic E-state index is 12.2. The zero-order chi connectivity index (χ0) is 19.9. The summed E-state index contributed by atoms with van der Waals surface area (Å²) in [6.45, 7) is 3.45. The molecule has 11 heteroatoms. The second kappa shape index (κ2) is 10.3. The lowest BCUT2D eigenvalue weighted by atomic mass is 10.1. The van der Waals surface area contributed by atoms with E-state index in [9.17, 15) is 24.3 Å². The number of carboxylic acid groups (broad SMARTS) is 1. The lowest BCUT2D eigenvalue weighted by Crippen LogP contribution is -2.58. The molecule has 6 N–H and O–H groups in total. The van der Waals surface area contributed by atoms with Crippen LogP contribution in [0.25, 0.3) is 0 Å². The molecule has 1 saturated heterocycles. The van der Waals surface area contributed by atoms with Crippen molar-refractivity contribution in [3.63, 3.8) is 0 Å². The van der Waals surface area contributed by atoms with Crippen LogP contribution in [-0.4, -0.2) is 76.5 Å². The highest BCUT2D eigenvalue weighted by atomic mass is 32.1. The van der Waals surface area contributed by atoms with Crippen LogP contribution >= 0.6 is 12.6 Å². The van der Waals surface area contributed by atoms with Gasteiger partial charge < -0.3 is 31.5 Å². The van der Waals surface area contributed by atoms with Crippen LogP contribution in [0.1, 0.15) is 26.7 Å². The standard InChI is InChI=1S/C15H26N4O6S/c1-7(17-13(22)9-4-3-5-16-9)12(21)18-10(6-26)14(23)19-11(8(2)20)15(24)25/h7-11,16,20,26H,3-6H2,1-2H3,(H,17,22)(H,18,21)(H,19,23)(H,24,25). The number of amides is 3. The Bertz CT molecular complexity index is 538. The summed E-state index contributed by atoms with van der Waals surface area (Å²) in [5.41, 5.74) is 0. The molecule has 0 aliphatic carbocycles. The minimum Gasteiger partial charge on any atom is -0.480 e. The van der Waals surface area contributed by atoms with Gasteiger partial charge in [0.1, 0.15) is 12.1 Å². The van der Waals surface area contributed by atoms with Crippen molar-refractivity contribution in [1.29, 1.82) is 0 Å².